The van der Waals surface area contributed by atoms with Crippen LogP contribution < -0.4 is 21.1 Å². The number of nitrogens with one attached hydrogen (secondary N) is 2. The van der Waals surface area contributed by atoms with E-state index in [2.05, 4.69) is 20.6 Å². The smallest absolute Gasteiger partial charge is 0.159 e. The lowest BCUT2D eigenvalue weighted by Crippen LogP contribution is -2.06. The quantitative estimate of drug-likeness (QED) is 0.557. The van der Waals surface area contributed by atoms with Gasteiger partial charge in [0.05, 0.1) is 23.5 Å². The number of hydrogen-bond donors (Lipinski definition) is 3. The Kier molecular flexibility index (Phi) is 5.35. The van der Waals surface area contributed by atoms with Crippen LogP contribution >= 0.6 is 23.2 Å². The predicted octanol–water partition coefficient (Wildman–Crippen LogP) is 5.17. The van der Waals surface area contributed by atoms with Crippen LogP contribution in [-0.4, -0.2) is 17.1 Å². The molecule has 0 spiro atoms. The maximum absolute atomic E-state index is 6.23. The Morgan fingerprint density at radius 3 is 2.35 bits per heavy atom. The molecular formula is C18H17Cl2N5O. The largest absolute Gasteiger partial charge is 0.495 e. The summed E-state index contributed by atoms with van der Waals surface area (Å²) in [5.74, 6) is 1.55. The van der Waals surface area contributed by atoms with E-state index < -0.39 is 0 Å². The van der Waals surface area contributed by atoms with Gasteiger partial charge in [0.15, 0.2) is 11.6 Å². The maximum Gasteiger partial charge on any atom is 0.159 e. The van der Waals surface area contributed by atoms with Crippen molar-refractivity contribution in [1.82, 2.24) is 9.97 Å². The second-order valence-electron chi connectivity index (χ2n) is 5.56. The van der Waals surface area contributed by atoms with Crippen LogP contribution in [0, 0.1) is 6.92 Å². The number of aryl methyl sites for hydroxylation is 1. The minimum Gasteiger partial charge on any atom is -0.495 e. The molecule has 1 aromatic heterocycles. The molecule has 0 radical (unpaired) electrons. The van der Waals surface area contributed by atoms with Crippen molar-refractivity contribution in [3.05, 3.63) is 58.3 Å². The minimum absolute atomic E-state index is 0.340. The molecule has 0 aliphatic carbocycles. The predicted molar refractivity (Wildman–Crippen MR) is 107 cm³/mol. The molecule has 3 rings (SSSR count). The lowest BCUT2D eigenvalue weighted by atomic mass is 10.2. The number of nitrogens with two attached hydrogens (primary N) is 1. The van der Waals surface area contributed by atoms with Crippen molar-refractivity contribution in [3.8, 4) is 5.75 Å². The van der Waals surface area contributed by atoms with Gasteiger partial charge in [-0.3, -0.25) is 0 Å². The lowest BCUT2D eigenvalue weighted by Gasteiger charge is -2.15. The number of nitrogens with zero attached hydrogens (tertiary/aromatic N) is 2. The fourth-order valence-electron chi connectivity index (χ4n) is 2.36. The van der Waals surface area contributed by atoms with E-state index in [1.165, 1.54) is 6.33 Å². The van der Waals surface area contributed by atoms with Crippen molar-refractivity contribution < 1.29 is 4.74 Å². The van der Waals surface area contributed by atoms with Crippen LogP contribution in [0.15, 0.2) is 42.7 Å². The molecule has 0 bridgehead atoms. The van der Waals surface area contributed by atoms with Gasteiger partial charge in [-0.1, -0.05) is 29.3 Å². The molecule has 0 amide bonds. The first kappa shape index (κ1) is 18.1. The van der Waals surface area contributed by atoms with Crippen LogP contribution in [-0.2, 0) is 0 Å². The third kappa shape index (κ3) is 3.92. The molecule has 3 aromatic rings. The molecule has 0 unspecified atom stereocenters. The van der Waals surface area contributed by atoms with Crippen molar-refractivity contribution in [3.63, 3.8) is 0 Å². The first-order valence-electron chi connectivity index (χ1n) is 7.72. The molecule has 0 atom stereocenters. The maximum atomic E-state index is 6.23. The Balaban J connectivity index is 1.93. The second-order valence-corrected chi connectivity index (χ2v) is 6.41. The molecule has 1 heterocycles. The summed E-state index contributed by atoms with van der Waals surface area (Å²) in [7, 11) is 1.60. The van der Waals surface area contributed by atoms with E-state index in [0.29, 0.717) is 38.8 Å². The summed E-state index contributed by atoms with van der Waals surface area (Å²) in [6.07, 6.45) is 1.40. The summed E-state index contributed by atoms with van der Waals surface area (Å²) in [5.41, 5.74) is 9.00. The van der Waals surface area contributed by atoms with Crippen LogP contribution in [0.5, 0.6) is 5.75 Å². The summed E-state index contributed by atoms with van der Waals surface area (Å²) in [4.78, 5) is 8.41. The normalized spacial score (nSPS) is 10.5. The van der Waals surface area contributed by atoms with Gasteiger partial charge < -0.3 is 21.1 Å². The highest BCUT2D eigenvalue weighted by Crippen LogP contribution is 2.34. The highest BCUT2D eigenvalue weighted by atomic mass is 35.5. The Morgan fingerprint density at radius 1 is 0.962 bits per heavy atom. The topological polar surface area (TPSA) is 85.1 Å². The Morgan fingerprint density at radius 2 is 1.65 bits per heavy atom. The van der Waals surface area contributed by atoms with Crippen molar-refractivity contribution in [2.75, 3.05) is 23.5 Å². The second kappa shape index (κ2) is 7.68. The first-order chi connectivity index (χ1) is 12.5. The fourth-order valence-corrected chi connectivity index (χ4v) is 2.70. The third-order valence-corrected chi connectivity index (χ3v) is 4.24. The molecule has 6 nitrogen and oxygen atoms in total. The zero-order valence-corrected chi connectivity index (χ0v) is 15.7. The van der Waals surface area contributed by atoms with Crippen molar-refractivity contribution in [2.24, 2.45) is 0 Å². The number of rotatable bonds is 5. The number of aromatic nitrogens is 2. The van der Waals surface area contributed by atoms with Gasteiger partial charge in [-0.05, 0) is 42.8 Å². The number of methoxy groups -OCH3 is 1. The molecule has 0 aliphatic rings. The van der Waals surface area contributed by atoms with E-state index in [1.54, 1.807) is 25.3 Å². The zero-order valence-electron chi connectivity index (χ0n) is 14.2. The molecule has 8 heteroatoms. The van der Waals surface area contributed by atoms with E-state index in [4.69, 9.17) is 33.7 Å². The van der Waals surface area contributed by atoms with Gasteiger partial charge >= 0.3 is 0 Å². The highest BCUT2D eigenvalue weighted by molar-refractivity contribution is 6.35. The molecule has 4 N–H and O–H groups in total. The average molecular weight is 390 g/mol. The monoisotopic (exact) mass is 389 g/mol. The first-order valence-corrected chi connectivity index (χ1v) is 8.47. The standard InChI is InChI=1S/C18H17Cl2N5O/c1-10-3-6-15(26-2)14(7-10)25-18-16(21)17(22-9-23-18)24-13-8-11(19)4-5-12(13)20/h3-9H,21H2,1-2H3,(H2,22,23,24,25). The van der Waals surface area contributed by atoms with E-state index in [-0.39, 0.29) is 0 Å². The van der Waals surface area contributed by atoms with E-state index in [0.717, 1.165) is 11.3 Å². The van der Waals surface area contributed by atoms with Gasteiger partial charge in [-0.25, -0.2) is 9.97 Å². The van der Waals surface area contributed by atoms with Gasteiger partial charge in [0.1, 0.15) is 17.8 Å². The zero-order chi connectivity index (χ0) is 18.7. The number of ether oxygens (including phenoxy) is 1. The Labute approximate surface area is 161 Å². The van der Waals surface area contributed by atoms with Crippen LogP contribution in [0.2, 0.25) is 10.0 Å². The molecule has 0 fully saturated rings. The minimum atomic E-state index is 0.340. The van der Waals surface area contributed by atoms with E-state index in [9.17, 15) is 0 Å². The van der Waals surface area contributed by atoms with Crippen LogP contribution in [0.25, 0.3) is 0 Å². The SMILES string of the molecule is COc1ccc(C)cc1Nc1ncnc(Nc2cc(Cl)ccc2Cl)c1N. The van der Waals surface area contributed by atoms with E-state index in [1.807, 2.05) is 25.1 Å². The molecule has 0 saturated heterocycles. The van der Waals surface area contributed by atoms with Gasteiger partial charge in [0.2, 0.25) is 0 Å². The number of anilines is 5. The number of nitrogen functional groups attached to an aromatic ring is 1. The van der Waals surface area contributed by atoms with Crippen LogP contribution in [0.1, 0.15) is 5.56 Å². The number of hydrogen-bond acceptors (Lipinski definition) is 6. The molecule has 2 aromatic carbocycles. The van der Waals surface area contributed by atoms with Crippen molar-refractivity contribution in [1.29, 1.82) is 0 Å². The summed E-state index contributed by atoms with van der Waals surface area (Å²) >= 11 is 12.2. The van der Waals surface area contributed by atoms with Gasteiger partial charge in [0, 0.05) is 5.02 Å². The summed E-state index contributed by atoms with van der Waals surface area (Å²) < 4.78 is 5.37. The average Bonchev–Trinajstić information content (AvgIpc) is 2.62. The number of benzene rings is 2. The van der Waals surface area contributed by atoms with Gasteiger partial charge in [-0.15, -0.1) is 0 Å². The van der Waals surface area contributed by atoms with Crippen LogP contribution in [0.3, 0.4) is 0 Å². The molecular weight excluding hydrogens is 373 g/mol. The lowest BCUT2D eigenvalue weighted by molar-refractivity contribution is 0.416. The van der Waals surface area contributed by atoms with Crippen molar-refractivity contribution >= 4 is 51.9 Å². The fraction of sp³-hybridized carbons (Fsp3) is 0.111. The summed E-state index contributed by atoms with van der Waals surface area (Å²) in [6.45, 7) is 1.99. The molecule has 26 heavy (non-hydrogen) atoms. The Hall–Kier alpha value is -2.70. The summed E-state index contributed by atoms with van der Waals surface area (Å²) in [6, 6.07) is 10.9. The van der Waals surface area contributed by atoms with Gasteiger partial charge in [0.25, 0.3) is 0 Å². The third-order valence-electron chi connectivity index (χ3n) is 3.67. The number of halogens is 2. The van der Waals surface area contributed by atoms with E-state index >= 15 is 0 Å². The van der Waals surface area contributed by atoms with Crippen molar-refractivity contribution in [2.45, 2.75) is 6.92 Å². The van der Waals surface area contributed by atoms with Crippen LogP contribution in [0.4, 0.5) is 28.7 Å². The molecule has 0 saturated carbocycles. The Bertz CT molecular complexity index is 949. The molecule has 0 aliphatic heterocycles. The highest BCUT2D eigenvalue weighted by Gasteiger charge is 2.12. The van der Waals surface area contributed by atoms with Gasteiger partial charge in [-0.2, -0.15) is 0 Å². The summed E-state index contributed by atoms with van der Waals surface area (Å²) in [5, 5.41) is 7.32. The molecule has 134 valence electrons.